The molecule has 0 radical (unpaired) electrons. The molecule has 0 unspecified atom stereocenters. The molecule has 0 fully saturated rings. The second-order valence-electron chi connectivity index (χ2n) is 3.79. The van der Waals surface area contributed by atoms with E-state index in [0.29, 0.717) is 18.1 Å². The lowest BCUT2D eigenvalue weighted by Gasteiger charge is -2.11. The zero-order chi connectivity index (χ0) is 11.8. The van der Waals surface area contributed by atoms with Crippen molar-refractivity contribution in [3.63, 3.8) is 0 Å². The highest BCUT2D eigenvalue weighted by atomic mass is 32.2. The third-order valence-corrected chi connectivity index (χ3v) is 3.03. The van der Waals surface area contributed by atoms with Gasteiger partial charge in [-0.25, -0.2) is 0 Å². The molecule has 0 heterocycles. The van der Waals surface area contributed by atoms with Crippen LogP contribution in [0.15, 0.2) is 12.2 Å². The average molecular weight is 229 g/mol. The largest absolute Gasteiger partial charge is 0.352 e. The van der Waals surface area contributed by atoms with Crippen LogP contribution < -0.4 is 5.32 Å². The highest BCUT2D eigenvalue weighted by Gasteiger charge is 2.12. The van der Waals surface area contributed by atoms with Crippen molar-refractivity contribution >= 4 is 23.5 Å². The minimum absolute atomic E-state index is 0.0223. The van der Waals surface area contributed by atoms with Crippen LogP contribution in [-0.2, 0) is 9.59 Å². The van der Waals surface area contributed by atoms with Crippen molar-refractivity contribution < 1.29 is 9.59 Å². The van der Waals surface area contributed by atoms with E-state index in [2.05, 4.69) is 11.9 Å². The molecule has 0 spiro atoms. The van der Waals surface area contributed by atoms with Gasteiger partial charge in [0, 0.05) is 18.2 Å². The van der Waals surface area contributed by atoms with Crippen LogP contribution in [-0.4, -0.2) is 29.7 Å². The molecule has 0 aliphatic carbocycles. The zero-order valence-corrected chi connectivity index (χ0v) is 10.4. The van der Waals surface area contributed by atoms with Crippen molar-refractivity contribution in [2.45, 2.75) is 20.8 Å². The summed E-state index contributed by atoms with van der Waals surface area (Å²) in [6, 6.07) is 0. The Hall–Kier alpha value is -0.770. The monoisotopic (exact) mass is 229 g/mol. The smallest absolute Gasteiger partial charge is 0.223 e. The Morgan fingerprint density at radius 3 is 2.47 bits per heavy atom. The number of rotatable bonds is 7. The molecule has 0 aliphatic rings. The average Bonchev–Trinajstić information content (AvgIpc) is 2.13. The van der Waals surface area contributed by atoms with Gasteiger partial charge in [-0.2, -0.15) is 11.8 Å². The molecule has 3 nitrogen and oxygen atoms in total. The minimum atomic E-state index is -0.0614. The fraction of sp³-hybridized carbons (Fsp3) is 0.636. The first-order chi connectivity index (χ1) is 6.93. The number of hydrogen-bond acceptors (Lipinski definition) is 3. The topological polar surface area (TPSA) is 46.2 Å². The van der Waals surface area contributed by atoms with Crippen molar-refractivity contribution in [1.82, 2.24) is 5.32 Å². The van der Waals surface area contributed by atoms with E-state index in [1.165, 1.54) is 11.8 Å². The molecule has 0 aromatic carbocycles. The number of hydrogen-bond donors (Lipinski definition) is 1. The summed E-state index contributed by atoms with van der Waals surface area (Å²) in [6.45, 7) is 9.52. The molecular weight excluding hydrogens is 210 g/mol. The lowest BCUT2D eigenvalue weighted by molar-refractivity contribution is -0.123. The fourth-order valence-corrected chi connectivity index (χ4v) is 1.78. The van der Waals surface area contributed by atoms with Crippen LogP contribution in [0.25, 0.3) is 0 Å². The lowest BCUT2D eigenvalue weighted by Crippen LogP contribution is -2.31. The van der Waals surface area contributed by atoms with E-state index in [1.807, 2.05) is 13.8 Å². The van der Waals surface area contributed by atoms with E-state index in [1.54, 1.807) is 6.92 Å². The number of carbonyl (C=O) groups is 2. The standard InChI is InChI=1S/C11H19NO2S/c1-8(2)5-12-11(14)9(3)6-15-7-10(4)13/h9H,1,5-7H2,2-4H3,(H,12,14)/t9-/m0/s1. The van der Waals surface area contributed by atoms with Crippen molar-refractivity contribution in [3.05, 3.63) is 12.2 Å². The van der Waals surface area contributed by atoms with Gasteiger partial charge < -0.3 is 5.32 Å². The van der Waals surface area contributed by atoms with Gasteiger partial charge in [-0.15, -0.1) is 0 Å². The van der Waals surface area contributed by atoms with Crippen LogP contribution in [0, 0.1) is 5.92 Å². The summed E-state index contributed by atoms with van der Waals surface area (Å²) in [5, 5.41) is 2.78. The molecule has 86 valence electrons. The molecule has 1 N–H and O–H groups in total. The van der Waals surface area contributed by atoms with E-state index in [0.717, 1.165) is 5.57 Å². The van der Waals surface area contributed by atoms with Gasteiger partial charge in [0.1, 0.15) is 5.78 Å². The predicted octanol–water partition coefficient (Wildman–Crippen LogP) is 1.64. The van der Waals surface area contributed by atoms with Crippen molar-refractivity contribution in [3.8, 4) is 0 Å². The predicted molar refractivity (Wildman–Crippen MR) is 65.0 cm³/mol. The summed E-state index contributed by atoms with van der Waals surface area (Å²) in [5.74, 6) is 1.27. The number of thioether (sulfide) groups is 1. The van der Waals surface area contributed by atoms with Gasteiger partial charge in [0.05, 0.1) is 5.75 Å². The van der Waals surface area contributed by atoms with Gasteiger partial charge in [0.15, 0.2) is 0 Å². The Morgan fingerprint density at radius 2 is 2.00 bits per heavy atom. The number of ketones is 1. The van der Waals surface area contributed by atoms with Crippen LogP contribution in [0.4, 0.5) is 0 Å². The molecule has 1 atom stereocenters. The first-order valence-electron chi connectivity index (χ1n) is 4.92. The SMILES string of the molecule is C=C(C)CNC(=O)[C@@H](C)CSCC(C)=O. The normalized spacial score (nSPS) is 11.9. The molecule has 1 amide bonds. The second kappa shape index (κ2) is 7.51. The number of nitrogens with one attached hydrogen (secondary N) is 1. The van der Waals surface area contributed by atoms with E-state index < -0.39 is 0 Å². The van der Waals surface area contributed by atoms with Gasteiger partial charge >= 0.3 is 0 Å². The first-order valence-corrected chi connectivity index (χ1v) is 6.08. The lowest BCUT2D eigenvalue weighted by atomic mass is 10.2. The van der Waals surface area contributed by atoms with E-state index >= 15 is 0 Å². The Kier molecular flexibility index (Phi) is 7.13. The molecule has 0 saturated heterocycles. The van der Waals surface area contributed by atoms with Crippen LogP contribution in [0.5, 0.6) is 0 Å². The van der Waals surface area contributed by atoms with Gasteiger partial charge in [-0.05, 0) is 13.8 Å². The molecule has 0 aromatic rings. The summed E-state index contributed by atoms with van der Waals surface area (Å²) < 4.78 is 0. The van der Waals surface area contributed by atoms with E-state index in [4.69, 9.17) is 0 Å². The Morgan fingerprint density at radius 1 is 1.40 bits per heavy atom. The Labute approximate surface area is 95.7 Å². The van der Waals surface area contributed by atoms with Gasteiger partial charge in [0.25, 0.3) is 0 Å². The summed E-state index contributed by atoms with van der Waals surface area (Å²) >= 11 is 1.50. The maximum Gasteiger partial charge on any atom is 0.223 e. The molecule has 0 rings (SSSR count). The van der Waals surface area contributed by atoms with Crippen molar-refractivity contribution in [1.29, 1.82) is 0 Å². The van der Waals surface area contributed by atoms with Crippen LogP contribution in [0.3, 0.4) is 0 Å². The molecular formula is C11H19NO2S. The molecule has 0 aromatic heterocycles. The molecule has 4 heteroatoms. The van der Waals surface area contributed by atoms with Gasteiger partial charge in [0.2, 0.25) is 5.91 Å². The van der Waals surface area contributed by atoms with E-state index in [9.17, 15) is 9.59 Å². The highest BCUT2D eigenvalue weighted by molar-refractivity contribution is 7.99. The quantitative estimate of drug-likeness (QED) is 0.675. The maximum absolute atomic E-state index is 11.5. The molecule has 0 aliphatic heterocycles. The van der Waals surface area contributed by atoms with E-state index in [-0.39, 0.29) is 17.6 Å². The summed E-state index contributed by atoms with van der Waals surface area (Å²) in [6.07, 6.45) is 0. The highest BCUT2D eigenvalue weighted by Crippen LogP contribution is 2.08. The fourth-order valence-electron chi connectivity index (χ4n) is 0.867. The number of amides is 1. The van der Waals surface area contributed by atoms with Gasteiger partial charge in [-0.3, -0.25) is 9.59 Å². The first kappa shape index (κ1) is 14.2. The summed E-state index contributed by atoms with van der Waals surface area (Å²) in [4.78, 5) is 22.1. The van der Waals surface area contributed by atoms with Crippen molar-refractivity contribution in [2.24, 2.45) is 5.92 Å². The van der Waals surface area contributed by atoms with Crippen molar-refractivity contribution in [2.75, 3.05) is 18.1 Å². The van der Waals surface area contributed by atoms with Crippen LogP contribution >= 0.6 is 11.8 Å². The van der Waals surface area contributed by atoms with Gasteiger partial charge in [-0.1, -0.05) is 19.1 Å². The zero-order valence-electron chi connectivity index (χ0n) is 9.63. The maximum atomic E-state index is 11.5. The third kappa shape index (κ3) is 8.24. The second-order valence-corrected chi connectivity index (χ2v) is 4.82. The van der Waals surface area contributed by atoms with Crippen LogP contribution in [0.1, 0.15) is 20.8 Å². The molecule has 15 heavy (non-hydrogen) atoms. The summed E-state index contributed by atoms with van der Waals surface area (Å²) in [7, 11) is 0. The Balaban J connectivity index is 3.69. The summed E-state index contributed by atoms with van der Waals surface area (Å²) in [5.41, 5.74) is 0.937. The van der Waals surface area contributed by atoms with Crippen LogP contribution in [0.2, 0.25) is 0 Å². The Bertz CT molecular complexity index is 251. The molecule has 0 bridgehead atoms. The molecule has 0 saturated carbocycles. The number of Topliss-reactive ketones (excluding diaryl/α,β-unsaturated/α-hetero) is 1. The minimum Gasteiger partial charge on any atom is -0.352 e. The number of carbonyl (C=O) groups excluding carboxylic acids is 2. The third-order valence-electron chi connectivity index (χ3n) is 1.69.